The molecule has 0 aliphatic heterocycles. The summed E-state index contributed by atoms with van der Waals surface area (Å²) in [4.78, 5) is 8.04. The van der Waals surface area contributed by atoms with Crippen molar-refractivity contribution in [3.63, 3.8) is 0 Å². The van der Waals surface area contributed by atoms with E-state index < -0.39 is 0 Å². The number of rotatable bonds is 4. The largest absolute Gasteiger partial charge is 0.368 e. The standard InChI is InChI=1S/C12H14N4/c13-7-11-8-16-12(9-15-11)14-6-5-10-3-1-2-4-10/h3,8-9H,1-2,4-6H2,(H,14,16). The third-order valence-electron chi connectivity index (χ3n) is 2.65. The SMILES string of the molecule is N#Cc1cnc(NCCC2=CCCC2)cn1. The minimum atomic E-state index is 0.351. The van der Waals surface area contributed by atoms with Crippen LogP contribution in [0.25, 0.3) is 0 Å². The highest BCUT2D eigenvalue weighted by atomic mass is 15.0. The Bertz CT molecular complexity index is 414. The van der Waals surface area contributed by atoms with Gasteiger partial charge in [0.2, 0.25) is 0 Å². The van der Waals surface area contributed by atoms with Crippen molar-refractivity contribution >= 4 is 5.82 Å². The summed E-state index contributed by atoms with van der Waals surface area (Å²) in [6.07, 6.45) is 10.2. The molecule has 16 heavy (non-hydrogen) atoms. The van der Waals surface area contributed by atoms with E-state index in [1.54, 1.807) is 6.20 Å². The highest BCUT2D eigenvalue weighted by Crippen LogP contribution is 2.20. The minimum absolute atomic E-state index is 0.351. The normalized spacial score (nSPS) is 14.3. The Hall–Kier alpha value is -1.89. The average Bonchev–Trinajstić information content (AvgIpc) is 2.83. The van der Waals surface area contributed by atoms with Gasteiger partial charge in [-0.2, -0.15) is 5.26 Å². The third-order valence-corrected chi connectivity index (χ3v) is 2.65. The molecule has 1 aliphatic carbocycles. The number of hydrogen-bond donors (Lipinski definition) is 1. The second-order valence-corrected chi connectivity index (χ2v) is 3.83. The van der Waals surface area contributed by atoms with Crippen LogP contribution in [0.4, 0.5) is 5.82 Å². The maximum Gasteiger partial charge on any atom is 0.158 e. The number of nitrogens with zero attached hydrogens (tertiary/aromatic N) is 3. The summed E-state index contributed by atoms with van der Waals surface area (Å²) in [6, 6.07) is 1.94. The Labute approximate surface area is 95.0 Å². The zero-order valence-corrected chi connectivity index (χ0v) is 9.11. The molecular formula is C12H14N4. The van der Waals surface area contributed by atoms with Crippen LogP contribution in [-0.2, 0) is 0 Å². The predicted octanol–water partition coefficient (Wildman–Crippen LogP) is 2.26. The van der Waals surface area contributed by atoms with Crippen molar-refractivity contribution < 1.29 is 0 Å². The third kappa shape index (κ3) is 2.80. The summed E-state index contributed by atoms with van der Waals surface area (Å²) in [6.45, 7) is 0.881. The van der Waals surface area contributed by atoms with Crippen molar-refractivity contribution in [2.45, 2.75) is 25.7 Å². The van der Waals surface area contributed by atoms with E-state index in [9.17, 15) is 0 Å². The van der Waals surface area contributed by atoms with Crippen LogP contribution in [0.15, 0.2) is 24.0 Å². The van der Waals surface area contributed by atoms with Gasteiger partial charge in [-0.05, 0) is 25.7 Å². The maximum atomic E-state index is 8.57. The van der Waals surface area contributed by atoms with Gasteiger partial charge in [0.15, 0.2) is 5.69 Å². The molecule has 0 unspecified atom stereocenters. The fourth-order valence-electron chi connectivity index (χ4n) is 1.79. The molecule has 4 heteroatoms. The van der Waals surface area contributed by atoms with Crippen LogP contribution in [0, 0.1) is 11.3 Å². The Morgan fingerprint density at radius 3 is 2.94 bits per heavy atom. The summed E-state index contributed by atoms with van der Waals surface area (Å²) in [5, 5.41) is 11.8. The molecule has 2 rings (SSSR count). The molecule has 1 N–H and O–H groups in total. The van der Waals surface area contributed by atoms with E-state index in [0.717, 1.165) is 18.8 Å². The highest BCUT2D eigenvalue weighted by molar-refractivity contribution is 5.33. The molecule has 0 atom stereocenters. The monoisotopic (exact) mass is 214 g/mol. The van der Waals surface area contributed by atoms with Crippen LogP contribution in [-0.4, -0.2) is 16.5 Å². The van der Waals surface area contributed by atoms with Crippen LogP contribution >= 0.6 is 0 Å². The van der Waals surface area contributed by atoms with Gasteiger partial charge in [0, 0.05) is 6.54 Å². The van der Waals surface area contributed by atoms with Crippen molar-refractivity contribution in [2.75, 3.05) is 11.9 Å². The van der Waals surface area contributed by atoms with Crippen molar-refractivity contribution in [2.24, 2.45) is 0 Å². The number of nitriles is 1. The van der Waals surface area contributed by atoms with Gasteiger partial charge >= 0.3 is 0 Å². The molecule has 1 aliphatic rings. The molecule has 0 fully saturated rings. The molecule has 1 heterocycles. The Kier molecular flexibility index (Phi) is 3.50. The van der Waals surface area contributed by atoms with E-state index in [1.807, 2.05) is 6.07 Å². The van der Waals surface area contributed by atoms with Crippen molar-refractivity contribution in [1.82, 2.24) is 9.97 Å². The van der Waals surface area contributed by atoms with Crippen molar-refractivity contribution in [3.05, 3.63) is 29.7 Å². The van der Waals surface area contributed by atoms with E-state index in [1.165, 1.54) is 31.0 Å². The maximum absolute atomic E-state index is 8.57. The van der Waals surface area contributed by atoms with Gasteiger partial charge in [-0.25, -0.2) is 9.97 Å². The average molecular weight is 214 g/mol. The molecule has 4 nitrogen and oxygen atoms in total. The molecule has 1 aromatic rings. The number of aromatic nitrogens is 2. The quantitative estimate of drug-likeness (QED) is 0.781. The highest BCUT2D eigenvalue weighted by Gasteiger charge is 2.03. The van der Waals surface area contributed by atoms with Crippen LogP contribution in [0.5, 0.6) is 0 Å². The van der Waals surface area contributed by atoms with Crippen molar-refractivity contribution in [1.29, 1.82) is 5.26 Å². The molecule has 0 amide bonds. The van der Waals surface area contributed by atoms with E-state index in [2.05, 4.69) is 21.4 Å². The second kappa shape index (κ2) is 5.26. The molecular weight excluding hydrogens is 200 g/mol. The summed E-state index contributed by atoms with van der Waals surface area (Å²) in [5.41, 5.74) is 1.89. The number of allylic oxidation sites excluding steroid dienone is 1. The van der Waals surface area contributed by atoms with E-state index in [4.69, 9.17) is 5.26 Å². The summed E-state index contributed by atoms with van der Waals surface area (Å²) >= 11 is 0. The van der Waals surface area contributed by atoms with E-state index in [0.29, 0.717) is 5.69 Å². The van der Waals surface area contributed by atoms with E-state index in [-0.39, 0.29) is 0 Å². The fourth-order valence-corrected chi connectivity index (χ4v) is 1.79. The Morgan fingerprint density at radius 1 is 1.38 bits per heavy atom. The first-order chi connectivity index (χ1) is 7.88. The van der Waals surface area contributed by atoms with Gasteiger partial charge in [0.25, 0.3) is 0 Å². The van der Waals surface area contributed by atoms with Crippen LogP contribution in [0.2, 0.25) is 0 Å². The summed E-state index contributed by atoms with van der Waals surface area (Å²) < 4.78 is 0. The van der Waals surface area contributed by atoms with E-state index >= 15 is 0 Å². The van der Waals surface area contributed by atoms with Gasteiger partial charge in [0.1, 0.15) is 11.9 Å². The van der Waals surface area contributed by atoms with Crippen LogP contribution in [0.1, 0.15) is 31.4 Å². The number of nitrogens with one attached hydrogen (secondary N) is 1. The molecule has 0 aromatic carbocycles. The van der Waals surface area contributed by atoms with Gasteiger partial charge in [-0.15, -0.1) is 0 Å². The smallest absolute Gasteiger partial charge is 0.158 e. The predicted molar refractivity (Wildman–Crippen MR) is 61.8 cm³/mol. The molecule has 0 saturated carbocycles. The van der Waals surface area contributed by atoms with Crippen LogP contribution < -0.4 is 5.32 Å². The molecule has 0 radical (unpaired) electrons. The van der Waals surface area contributed by atoms with Crippen LogP contribution in [0.3, 0.4) is 0 Å². The molecule has 0 spiro atoms. The first-order valence-corrected chi connectivity index (χ1v) is 5.52. The lowest BCUT2D eigenvalue weighted by atomic mass is 10.2. The Balaban J connectivity index is 1.78. The lowest BCUT2D eigenvalue weighted by molar-refractivity contribution is 0.861. The molecule has 0 saturated heterocycles. The topological polar surface area (TPSA) is 61.6 Å². The van der Waals surface area contributed by atoms with Gasteiger partial charge in [0.05, 0.1) is 12.4 Å². The van der Waals surface area contributed by atoms with Gasteiger partial charge < -0.3 is 5.32 Å². The number of hydrogen-bond acceptors (Lipinski definition) is 4. The lowest BCUT2D eigenvalue weighted by Gasteiger charge is -2.05. The fraction of sp³-hybridized carbons (Fsp3) is 0.417. The van der Waals surface area contributed by atoms with Crippen molar-refractivity contribution in [3.8, 4) is 6.07 Å². The molecule has 82 valence electrons. The molecule has 0 bridgehead atoms. The Morgan fingerprint density at radius 2 is 2.31 bits per heavy atom. The zero-order valence-electron chi connectivity index (χ0n) is 9.11. The lowest BCUT2D eigenvalue weighted by Crippen LogP contribution is -2.04. The van der Waals surface area contributed by atoms with Gasteiger partial charge in [-0.1, -0.05) is 11.6 Å². The summed E-state index contributed by atoms with van der Waals surface area (Å²) in [7, 11) is 0. The minimum Gasteiger partial charge on any atom is -0.368 e. The van der Waals surface area contributed by atoms with Gasteiger partial charge in [-0.3, -0.25) is 0 Å². The summed E-state index contributed by atoms with van der Waals surface area (Å²) in [5.74, 6) is 0.734. The first-order valence-electron chi connectivity index (χ1n) is 5.52. The molecule has 1 aromatic heterocycles. The first kappa shape index (κ1) is 10.6. The second-order valence-electron chi connectivity index (χ2n) is 3.83. The zero-order chi connectivity index (χ0) is 11.2. The number of anilines is 1.